The molecular weight excluding hydrogens is 296 g/mol. The van der Waals surface area contributed by atoms with Crippen molar-refractivity contribution in [1.82, 2.24) is 14.9 Å². The normalized spacial score (nSPS) is 12.5. The largest absolute Gasteiger partial charge is 0.434 e. The standard InChI is InChI=1S/C12H22N4O6/c17-4-6-22-8-7-21-5-2-13-9-11(18)10-15-3-1-14-12(15)16(19)20/h1,3,11,13,17-18H,2,4-10H2. The molecule has 0 saturated heterocycles. The van der Waals surface area contributed by atoms with E-state index in [1.54, 1.807) is 0 Å². The number of nitro groups is 1. The highest BCUT2D eigenvalue weighted by Gasteiger charge is 2.16. The molecule has 0 spiro atoms. The molecule has 22 heavy (non-hydrogen) atoms. The second kappa shape index (κ2) is 11.0. The van der Waals surface area contributed by atoms with E-state index in [0.717, 1.165) is 0 Å². The van der Waals surface area contributed by atoms with E-state index in [1.807, 2.05) is 0 Å². The van der Waals surface area contributed by atoms with E-state index in [-0.39, 0.29) is 19.1 Å². The van der Waals surface area contributed by atoms with Gasteiger partial charge in [-0.05, 0) is 4.92 Å². The topological polar surface area (TPSA) is 132 Å². The Labute approximate surface area is 127 Å². The Morgan fingerprint density at radius 3 is 2.77 bits per heavy atom. The summed E-state index contributed by atoms with van der Waals surface area (Å²) in [7, 11) is 0. The Bertz CT molecular complexity index is 428. The number of aromatic nitrogens is 2. The van der Waals surface area contributed by atoms with Gasteiger partial charge in [-0.15, -0.1) is 0 Å². The molecule has 126 valence electrons. The Morgan fingerprint density at radius 1 is 1.36 bits per heavy atom. The Balaban J connectivity index is 2.05. The average Bonchev–Trinajstić information content (AvgIpc) is 2.94. The van der Waals surface area contributed by atoms with Crippen molar-refractivity contribution in [1.29, 1.82) is 0 Å². The van der Waals surface area contributed by atoms with E-state index in [4.69, 9.17) is 14.6 Å². The molecule has 0 aliphatic carbocycles. The van der Waals surface area contributed by atoms with Gasteiger partial charge in [-0.3, -0.25) is 0 Å². The fraction of sp³-hybridized carbons (Fsp3) is 0.750. The van der Waals surface area contributed by atoms with Crippen LogP contribution in [0.1, 0.15) is 0 Å². The van der Waals surface area contributed by atoms with E-state index in [9.17, 15) is 15.2 Å². The molecule has 0 saturated carbocycles. The van der Waals surface area contributed by atoms with Crippen LogP contribution in [0.2, 0.25) is 0 Å². The molecule has 1 unspecified atom stereocenters. The molecule has 1 aromatic heterocycles. The predicted octanol–water partition coefficient (Wildman–Crippen LogP) is -1.23. The summed E-state index contributed by atoms with van der Waals surface area (Å²) in [5.74, 6) is -0.287. The van der Waals surface area contributed by atoms with Gasteiger partial charge >= 0.3 is 5.95 Å². The zero-order valence-corrected chi connectivity index (χ0v) is 12.3. The van der Waals surface area contributed by atoms with E-state index in [1.165, 1.54) is 17.0 Å². The van der Waals surface area contributed by atoms with Gasteiger partial charge in [0.2, 0.25) is 0 Å². The average molecular weight is 318 g/mol. The molecule has 10 heteroatoms. The Morgan fingerprint density at radius 2 is 2.09 bits per heavy atom. The number of aliphatic hydroxyl groups is 2. The number of nitrogens with zero attached hydrogens (tertiary/aromatic N) is 3. The van der Waals surface area contributed by atoms with Gasteiger partial charge in [-0.2, -0.15) is 0 Å². The fourth-order valence-corrected chi connectivity index (χ4v) is 1.71. The van der Waals surface area contributed by atoms with Gasteiger partial charge in [-0.1, -0.05) is 4.98 Å². The van der Waals surface area contributed by atoms with Gasteiger partial charge in [0.25, 0.3) is 0 Å². The molecule has 3 N–H and O–H groups in total. The maximum Gasteiger partial charge on any atom is 0.434 e. The van der Waals surface area contributed by atoms with E-state index in [0.29, 0.717) is 39.5 Å². The second-order valence-electron chi connectivity index (χ2n) is 4.44. The number of imidazole rings is 1. The van der Waals surface area contributed by atoms with E-state index in [2.05, 4.69) is 10.3 Å². The Hall–Kier alpha value is -1.59. The molecule has 0 bridgehead atoms. The first kappa shape index (κ1) is 18.5. The molecule has 1 aromatic rings. The zero-order chi connectivity index (χ0) is 16.2. The molecule has 1 heterocycles. The van der Waals surface area contributed by atoms with Crippen LogP contribution >= 0.6 is 0 Å². The number of rotatable bonds is 13. The van der Waals surface area contributed by atoms with Crippen molar-refractivity contribution >= 4 is 5.95 Å². The summed E-state index contributed by atoms with van der Waals surface area (Å²) in [5, 5.41) is 32.0. The summed E-state index contributed by atoms with van der Waals surface area (Å²) >= 11 is 0. The second-order valence-corrected chi connectivity index (χ2v) is 4.44. The third-order valence-corrected chi connectivity index (χ3v) is 2.68. The van der Waals surface area contributed by atoms with E-state index < -0.39 is 11.0 Å². The zero-order valence-electron chi connectivity index (χ0n) is 12.3. The number of nitrogens with one attached hydrogen (secondary N) is 1. The van der Waals surface area contributed by atoms with Crippen LogP contribution in [-0.2, 0) is 16.0 Å². The van der Waals surface area contributed by atoms with Gasteiger partial charge in [0.15, 0.2) is 0 Å². The van der Waals surface area contributed by atoms with Crippen LogP contribution in [0.15, 0.2) is 12.4 Å². The third-order valence-electron chi connectivity index (χ3n) is 2.68. The summed E-state index contributed by atoms with van der Waals surface area (Å²) in [6, 6.07) is 0. The number of hydrogen-bond acceptors (Lipinski definition) is 8. The van der Waals surface area contributed by atoms with Gasteiger partial charge < -0.3 is 35.1 Å². The highest BCUT2D eigenvalue weighted by atomic mass is 16.6. The summed E-state index contributed by atoms with van der Waals surface area (Å²) in [4.78, 5) is 13.7. The van der Waals surface area contributed by atoms with Gasteiger partial charge in [-0.25, -0.2) is 4.57 Å². The van der Waals surface area contributed by atoms with Crippen molar-refractivity contribution in [2.45, 2.75) is 12.6 Å². The van der Waals surface area contributed by atoms with Crippen molar-refractivity contribution in [3.05, 3.63) is 22.5 Å². The lowest BCUT2D eigenvalue weighted by Crippen LogP contribution is -2.32. The van der Waals surface area contributed by atoms with Crippen LogP contribution in [-0.4, -0.2) is 76.9 Å². The molecule has 0 fully saturated rings. The van der Waals surface area contributed by atoms with Crippen molar-refractivity contribution in [3.8, 4) is 0 Å². The number of aliphatic hydroxyl groups excluding tert-OH is 2. The minimum absolute atomic E-state index is 0.00544. The fourth-order valence-electron chi connectivity index (χ4n) is 1.71. The summed E-state index contributed by atoms with van der Waals surface area (Å²) < 4.78 is 11.6. The van der Waals surface area contributed by atoms with Crippen LogP contribution in [0.5, 0.6) is 0 Å². The molecule has 0 aliphatic heterocycles. The first-order valence-electron chi connectivity index (χ1n) is 6.95. The maximum absolute atomic E-state index is 10.7. The maximum atomic E-state index is 10.7. The quantitative estimate of drug-likeness (QED) is 0.234. The highest BCUT2D eigenvalue weighted by molar-refractivity contribution is 5.06. The molecule has 0 amide bonds. The molecule has 0 radical (unpaired) electrons. The third kappa shape index (κ3) is 7.43. The first-order chi connectivity index (χ1) is 10.6. The number of ether oxygens (including phenoxy) is 2. The van der Waals surface area contributed by atoms with Gasteiger partial charge in [0.05, 0.1) is 45.7 Å². The lowest BCUT2D eigenvalue weighted by atomic mass is 10.3. The minimum Gasteiger partial charge on any atom is -0.394 e. The van der Waals surface area contributed by atoms with Crippen LogP contribution in [0.25, 0.3) is 0 Å². The first-order valence-corrected chi connectivity index (χ1v) is 6.95. The SMILES string of the molecule is O=[N+]([O-])c1nccn1CC(O)CNCCOCCOCCO. The molecule has 1 rings (SSSR count). The lowest BCUT2D eigenvalue weighted by Gasteiger charge is -2.11. The molecule has 10 nitrogen and oxygen atoms in total. The molecule has 1 atom stereocenters. The Kier molecular flexibility index (Phi) is 9.26. The van der Waals surface area contributed by atoms with Crippen molar-refractivity contribution in [3.63, 3.8) is 0 Å². The van der Waals surface area contributed by atoms with Crippen molar-refractivity contribution < 1.29 is 24.6 Å². The van der Waals surface area contributed by atoms with Crippen LogP contribution < -0.4 is 5.32 Å². The lowest BCUT2D eigenvalue weighted by molar-refractivity contribution is -0.397. The monoisotopic (exact) mass is 318 g/mol. The minimum atomic E-state index is -0.763. The summed E-state index contributed by atoms with van der Waals surface area (Å²) in [5.41, 5.74) is 0. The van der Waals surface area contributed by atoms with Crippen LogP contribution in [0, 0.1) is 10.1 Å². The summed E-state index contributed by atoms with van der Waals surface area (Å²) in [6.45, 7) is 2.55. The van der Waals surface area contributed by atoms with Gasteiger partial charge in [0, 0.05) is 13.1 Å². The van der Waals surface area contributed by atoms with Crippen molar-refractivity contribution in [2.24, 2.45) is 0 Å². The number of hydrogen-bond donors (Lipinski definition) is 3. The summed E-state index contributed by atoms with van der Waals surface area (Å²) in [6.07, 6.45) is 2.02. The van der Waals surface area contributed by atoms with Crippen LogP contribution in [0.4, 0.5) is 5.95 Å². The molecule has 0 aliphatic rings. The van der Waals surface area contributed by atoms with Crippen LogP contribution in [0.3, 0.4) is 0 Å². The highest BCUT2D eigenvalue weighted by Crippen LogP contribution is 2.07. The smallest absolute Gasteiger partial charge is 0.394 e. The van der Waals surface area contributed by atoms with Crippen molar-refractivity contribution in [2.75, 3.05) is 46.1 Å². The predicted molar refractivity (Wildman–Crippen MR) is 76.5 cm³/mol. The van der Waals surface area contributed by atoms with E-state index >= 15 is 0 Å². The molecule has 0 aromatic carbocycles. The molecular formula is C12H22N4O6. The van der Waals surface area contributed by atoms with Gasteiger partial charge in [0.1, 0.15) is 12.4 Å².